The second-order valence-corrected chi connectivity index (χ2v) is 6.19. The molecule has 0 unspecified atom stereocenters. The summed E-state index contributed by atoms with van der Waals surface area (Å²) in [6.45, 7) is 0. The van der Waals surface area contributed by atoms with Gasteiger partial charge >= 0.3 is 0 Å². The first-order valence-electron chi connectivity index (χ1n) is 5.22. The zero-order valence-corrected chi connectivity index (χ0v) is 17.4. The fourth-order valence-corrected chi connectivity index (χ4v) is 2.11. The van der Waals surface area contributed by atoms with E-state index in [0.717, 1.165) is 0 Å². The van der Waals surface area contributed by atoms with Crippen molar-refractivity contribution >= 4 is 98.9 Å². The van der Waals surface area contributed by atoms with E-state index < -0.39 is 0 Å². The highest BCUT2D eigenvalue weighted by molar-refractivity contribution is 9.10. The Labute approximate surface area is 161 Å². The lowest BCUT2D eigenvalue weighted by Gasteiger charge is -1.85. The molecule has 6 N–H and O–H groups in total. The quantitative estimate of drug-likeness (QED) is 0.220. The molecule has 1 heterocycles. The maximum absolute atomic E-state index is 10.9. The first-order valence-corrected chi connectivity index (χ1v) is 9.87. The zero-order valence-electron chi connectivity index (χ0n) is 11.1. The normalized spacial score (nSPS) is 8.68. The Morgan fingerprint density at radius 2 is 1.50 bits per heavy atom. The van der Waals surface area contributed by atoms with Gasteiger partial charge in [0.1, 0.15) is 5.69 Å². The number of nitrogen functional groups attached to an aromatic ring is 1. The van der Waals surface area contributed by atoms with Crippen LogP contribution in [-0.2, 0) is 9.59 Å². The van der Waals surface area contributed by atoms with E-state index in [9.17, 15) is 14.4 Å². The Hall–Kier alpha value is -0.430. The van der Waals surface area contributed by atoms with Gasteiger partial charge in [0, 0.05) is 5.38 Å². The third-order valence-electron chi connectivity index (χ3n) is 1.48. The van der Waals surface area contributed by atoms with Gasteiger partial charge < -0.3 is 17.2 Å². The number of thiocarbonyl (C=S) groups is 1. The predicted molar refractivity (Wildman–Crippen MR) is 103 cm³/mol. The molecule has 1 rings (SSSR count). The highest BCUT2D eigenvalue weighted by Crippen LogP contribution is 2.11. The molecule has 0 radical (unpaired) electrons. The average molecular weight is 541 g/mol. The van der Waals surface area contributed by atoms with Crippen LogP contribution in [0, 0.1) is 0 Å². The maximum atomic E-state index is 10.9. The molecule has 0 spiro atoms. The first-order chi connectivity index (χ1) is 10.2. The van der Waals surface area contributed by atoms with Gasteiger partial charge in [-0.2, -0.15) is 0 Å². The van der Waals surface area contributed by atoms with Crippen molar-refractivity contribution in [2.45, 2.75) is 0 Å². The van der Waals surface area contributed by atoms with Gasteiger partial charge in [-0.3, -0.25) is 14.4 Å². The molecule has 124 valence electrons. The van der Waals surface area contributed by atoms with Crippen LogP contribution in [-0.4, -0.2) is 43.4 Å². The van der Waals surface area contributed by atoms with Crippen LogP contribution in [0.2, 0.25) is 0 Å². The van der Waals surface area contributed by atoms with E-state index in [2.05, 4.69) is 76.5 Å². The van der Waals surface area contributed by atoms with Crippen molar-refractivity contribution in [3.63, 3.8) is 0 Å². The molecule has 0 aliphatic heterocycles. The third-order valence-corrected chi connectivity index (χ3v) is 3.68. The summed E-state index contributed by atoms with van der Waals surface area (Å²) in [6, 6.07) is 0. The Morgan fingerprint density at radius 3 is 1.73 bits per heavy atom. The van der Waals surface area contributed by atoms with Gasteiger partial charge in [-0.05, 0) is 12.2 Å². The number of ketones is 3. The molecule has 0 bridgehead atoms. The lowest BCUT2D eigenvalue weighted by molar-refractivity contribution is -0.133. The molecule has 1 aromatic heterocycles. The number of anilines is 1. The lowest BCUT2D eigenvalue weighted by Crippen LogP contribution is -2.18. The number of nitrogens with two attached hydrogens (primary N) is 3. The first kappa shape index (κ1) is 23.8. The van der Waals surface area contributed by atoms with Gasteiger partial charge in [0.25, 0.3) is 0 Å². The van der Waals surface area contributed by atoms with Crippen LogP contribution in [0.15, 0.2) is 5.38 Å². The predicted octanol–water partition coefficient (Wildman–Crippen LogP) is 1.41. The molecule has 12 heteroatoms. The molecule has 0 saturated carbocycles. The van der Waals surface area contributed by atoms with Gasteiger partial charge in [-0.1, -0.05) is 47.8 Å². The van der Waals surface area contributed by atoms with Gasteiger partial charge in [-0.15, -0.1) is 11.3 Å². The van der Waals surface area contributed by atoms with Gasteiger partial charge in [0.05, 0.1) is 16.0 Å². The standard InChI is InChI=1S/C5H5BrN2OS.C4H4Br2O2.CH4N2S/c6-1-4(9)3-2-10-5(7)8-3;5-1-3(7)4(8)2-6;2-1(3)4/h2H,1H2,(H2,7,8);1-2H2;(H4,2,3,4). The van der Waals surface area contributed by atoms with Crippen molar-refractivity contribution in [2.24, 2.45) is 11.5 Å². The number of alkyl halides is 3. The summed E-state index contributed by atoms with van der Waals surface area (Å²) in [4.78, 5) is 35.3. The second kappa shape index (κ2) is 14.2. The largest absolute Gasteiger partial charge is 0.377 e. The van der Waals surface area contributed by atoms with Crippen LogP contribution in [0.25, 0.3) is 0 Å². The van der Waals surface area contributed by atoms with Crippen LogP contribution >= 0.6 is 71.3 Å². The van der Waals surface area contributed by atoms with E-state index in [1.807, 2.05) is 0 Å². The number of Topliss-reactive ketones (excluding diaryl/α,β-unsaturated/α-hetero) is 3. The Bertz CT molecular complexity index is 507. The molecule has 22 heavy (non-hydrogen) atoms. The fourth-order valence-electron chi connectivity index (χ4n) is 0.633. The number of carbonyl (C=O) groups excluding carboxylic acids is 3. The Morgan fingerprint density at radius 1 is 1.09 bits per heavy atom. The SMILES string of the molecule is NC(N)=S.Nc1nc(C(=O)CBr)cs1.O=C(CBr)C(=O)CBr. The number of aromatic nitrogens is 1. The monoisotopic (exact) mass is 538 g/mol. The van der Waals surface area contributed by atoms with E-state index >= 15 is 0 Å². The van der Waals surface area contributed by atoms with E-state index in [-0.39, 0.29) is 33.1 Å². The Balaban J connectivity index is 0. The van der Waals surface area contributed by atoms with Crippen molar-refractivity contribution in [3.8, 4) is 0 Å². The number of hydrogen-bond donors (Lipinski definition) is 3. The molecule has 0 aromatic carbocycles. The molecule has 0 aliphatic rings. The number of carbonyl (C=O) groups is 3. The van der Waals surface area contributed by atoms with Crippen molar-refractivity contribution in [2.75, 3.05) is 21.7 Å². The minimum absolute atomic E-state index is 0.000000000000000222. The number of rotatable bonds is 5. The van der Waals surface area contributed by atoms with Crippen molar-refractivity contribution in [1.29, 1.82) is 0 Å². The number of nitrogens with zero attached hydrogens (tertiary/aromatic N) is 1. The minimum Gasteiger partial charge on any atom is -0.377 e. The molecule has 0 saturated heterocycles. The van der Waals surface area contributed by atoms with Crippen molar-refractivity contribution in [3.05, 3.63) is 11.1 Å². The molecule has 7 nitrogen and oxygen atoms in total. The summed E-state index contributed by atoms with van der Waals surface area (Å²) in [5.41, 5.74) is 15.0. The fraction of sp³-hybridized carbons (Fsp3) is 0.300. The molecule has 1 aromatic rings. The molecule has 0 aliphatic carbocycles. The molecular weight excluding hydrogens is 528 g/mol. The highest BCUT2D eigenvalue weighted by atomic mass is 79.9. The summed E-state index contributed by atoms with van der Waals surface area (Å²) in [6.07, 6.45) is 0. The van der Waals surface area contributed by atoms with Gasteiger partial charge in [-0.25, -0.2) is 4.98 Å². The maximum Gasteiger partial charge on any atom is 0.209 e. The Kier molecular flexibility index (Phi) is 15.4. The lowest BCUT2D eigenvalue weighted by atomic mass is 10.3. The van der Waals surface area contributed by atoms with Gasteiger partial charge in [0.15, 0.2) is 16.0 Å². The number of halogens is 3. The zero-order chi connectivity index (χ0) is 17.7. The molecule has 0 atom stereocenters. The second-order valence-electron chi connectivity index (χ2n) is 3.14. The number of thiazole rings is 1. The molecular formula is C10H13Br3N4O3S2. The summed E-state index contributed by atoms with van der Waals surface area (Å²) in [5, 5.41) is 2.63. The van der Waals surface area contributed by atoms with E-state index in [0.29, 0.717) is 16.2 Å². The van der Waals surface area contributed by atoms with E-state index in [4.69, 9.17) is 5.73 Å². The summed E-state index contributed by atoms with van der Waals surface area (Å²) >= 11 is 14.1. The van der Waals surface area contributed by atoms with Gasteiger partial charge in [0.2, 0.25) is 11.6 Å². The molecule has 0 fully saturated rings. The van der Waals surface area contributed by atoms with Crippen LogP contribution in [0.4, 0.5) is 5.13 Å². The van der Waals surface area contributed by atoms with Crippen molar-refractivity contribution < 1.29 is 14.4 Å². The minimum atomic E-state index is -0.387. The average Bonchev–Trinajstić information content (AvgIpc) is 2.91. The van der Waals surface area contributed by atoms with Crippen molar-refractivity contribution in [1.82, 2.24) is 4.98 Å². The third kappa shape index (κ3) is 13.2. The van der Waals surface area contributed by atoms with E-state index in [1.54, 1.807) is 5.38 Å². The highest BCUT2D eigenvalue weighted by Gasteiger charge is 2.08. The van der Waals surface area contributed by atoms with Crippen LogP contribution < -0.4 is 17.2 Å². The topological polar surface area (TPSA) is 142 Å². The summed E-state index contributed by atoms with van der Waals surface area (Å²) in [7, 11) is 0. The van der Waals surface area contributed by atoms with Crippen LogP contribution in [0.5, 0.6) is 0 Å². The number of hydrogen-bond acceptors (Lipinski definition) is 7. The molecule has 0 amide bonds. The summed E-state index contributed by atoms with van der Waals surface area (Å²) in [5.74, 6) is -0.809. The van der Waals surface area contributed by atoms with E-state index in [1.165, 1.54) is 11.3 Å². The summed E-state index contributed by atoms with van der Waals surface area (Å²) < 4.78 is 0. The smallest absolute Gasteiger partial charge is 0.209 e. The van der Waals surface area contributed by atoms with Crippen LogP contribution in [0.1, 0.15) is 10.5 Å². The van der Waals surface area contributed by atoms with Crippen LogP contribution in [0.3, 0.4) is 0 Å².